The van der Waals surface area contributed by atoms with E-state index < -0.39 is 7.82 Å². The first-order valence-corrected chi connectivity index (χ1v) is 8.72. The van der Waals surface area contributed by atoms with Crippen LogP contribution in [0.15, 0.2) is 12.1 Å². The quantitative estimate of drug-likeness (QED) is 0.816. The molecule has 1 rings (SSSR count). The molecule has 0 unspecified atom stereocenters. The Morgan fingerprint density at radius 1 is 1.00 bits per heavy atom. The van der Waals surface area contributed by atoms with E-state index in [4.69, 9.17) is 4.52 Å². The van der Waals surface area contributed by atoms with Gasteiger partial charge in [-0.3, -0.25) is 9.79 Å². The molecule has 0 saturated heterocycles. The summed E-state index contributed by atoms with van der Waals surface area (Å²) in [7, 11) is -4.58. The predicted octanol–water partition coefficient (Wildman–Crippen LogP) is 4.32. The molecule has 0 bridgehead atoms. The van der Waals surface area contributed by atoms with Crippen LogP contribution in [0.3, 0.4) is 0 Å². The molecule has 0 aliphatic rings. The Bertz CT molecular complexity index is 559. The number of phosphoric acid groups is 1. The van der Waals surface area contributed by atoms with Gasteiger partial charge in [0.1, 0.15) is 5.75 Å². The van der Waals surface area contributed by atoms with Gasteiger partial charge in [-0.1, -0.05) is 54.5 Å². The highest BCUT2D eigenvalue weighted by atomic mass is 31.2. The van der Waals surface area contributed by atoms with Crippen LogP contribution in [0.5, 0.6) is 5.75 Å². The zero-order chi connectivity index (χ0) is 16.6. The minimum atomic E-state index is -4.58. The Kier molecular flexibility index (Phi) is 4.99. The van der Waals surface area contributed by atoms with Crippen LogP contribution < -0.4 is 4.52 Å². The van der Waals surface area contributed by atoms with Gasteiger partial charge in [0.15, 0.2) is 0 Å². The molecule has 120 valence electrons. The zero-order valence-corrected chi connectivity index (χ0v) is 14.9. The third-order valence-electron chi connectivity index (χ3n) is 3.35. The van der Waals surface area contributed by atoms with E-state index in [1.54, 1.807) is 6.07 Å². The molecular weight excluding hydrogens is 287 g/mol. The van der Waals surface area contributed by atoms with Crippen LogP contribution in [0.1, 0.15) is 65.2 Å². The maximum absolute atomic E-state index is 11.3. The van der Waals surface area contributed by atoms with E-state index in [0.717, 1.165) is 17.5 Å². The van der Waals surface area contributed by atoms with Gasteiger partial charge < -0.3 is 4.52 Å². The van der Waals surface area contributed by atoms with Crippen molar-refractivity contribution in [2.45, 2.75) is 65.7 Å². The first-order chi connectivity index (χ1) is 9.27. The molecule has 0 aliphatic heterocycles. The van der Waals surface area contributed by atoms with E-state index in [-0.39, 0.29) is 16.6 Å². The van der Waals surface area contributed by atoms with Gasteiger partial charge >= 0.3 is 7.82 Å². The maximum Gasteiger partial charge on any atom is 0.524 e. The van der Waals surface area contributed by atoms with Gasteiger partial charge in [0.05, 0.1) is 0 Å². The molecule has 5 heteroatoms. The van der Waals surface area contributed by atoms with Gasteiger partial charge in [-0.05, 0) is 34.4 Å². The van der Waals surface area contributed by atoms with Crippen molar-refractivity contribution in [1.82, 2.24) is 0 Å². The normalized spacial score (nSPS) is 13.4. The summed E-state index contributed by atoms with van der Waals surface area (Å²) < 4.78 is 16.2. The molecule has 1 aromatic rings. The molecule has 0 amide bonds. The van der Waals surface area contributed by atoms with Crippen LogP contribution in [0.2, 0.25) is 0 Å². The average molecular weight is 314 g/mol. The third kappa shape index (κ3) is 4.57. The van der Waals surface area contributed by atoms with Gasteiger partial charge in [-0.15, -0.1) is 0 Å². The Balaban J connectivity index is 3.74. The van der Waals surface area contributed by atoms with Crippen molar-refractivity contribution in [3.05, 3.63) is 28.8 Å². The summed E-state index contributed by atoms with van der Waals surface area (Å²) in [5.41, 5.74) is 2.76. The molecule has 0 fully saturated rings. The lowest BCUT2D eigenvalue weighted by atomic mass is 9.72. The smallest absolute Gasteiger partial charge is 0.404 e. The van der Waals surface area contributed by atoms with Crippen molar-refractivity contribution in [1.29, 1.82) is 0 Å². The fourth-order valence-corrected chi connectivity index (χ4v) is 3.14. The number of hydrogen-bond donors (Lipinski definition) is 2. The highest BCUT2D eigenvalue weighted by Crippen LogP contribution is 2.47. The molecule has 21 heavy (non-hydrogen) atoms. The first kappa shape index (κ1) is 18.2. The van der Waals surface area contributed by atoms with Gasteiger partial charge in [-0.2, -0.15) is 0 Å². The van der Waals surface area contributed by atoms with Crippen molar-refractivity contribution in [2.24, 2.45) is 0 Å². The summed E-state index contributed by atoms with van der Waals surface area (Å²) in [5, 5.41) is 0. The number of aryl methyl sites for hydroxylation is 1. The number of hydrogen-bond acceptors (Lipinski definition) is 2. The summed E-state index contributed by atoms with van der Waals surface area (Å²) in [4.78, 5) is 18.3. The molecule has 0 atom stereocenters. The summed E-state index contributed by atoms with van der Waals surface area (Å²) in [6, 6.07) is 3.58. The molecule has 4 nitrogen and oxygen atoms in total. The van der Waals surface area contributed by atoms with Crippen LogP contribution in [0, 0.1) is 0 Å². The van der Waals surface area contributed by atoms with Crippen LogP contribution >= 0.6 is 7.82 Å². The van der Waals surface area contributed by atoms with Crippen LogP contribution in [0.25, 0.3) is 0 Å². The van der Waals surface area contributed by atoms with Gasteiger partial charge in [0.25, 0.3) is 0 Å². The molecule has 0 aliphatic carbocycles. The number of rotatable bonds is 3. The van der Waals surface area contributed by atoms with E-state index in [1.165, 1.54) is 5.56 Å². The molecular formula is C16H27O4P. The average Bonchev–Trinajstić information content (AvgIpc) is 2.23. The Morgan fingerprint density at radius 3 is 1.81 bits per heavy atom. The summed E-state index contributed by atoms with van der Waals surface area (Å²) in [6.07, 6.45) is 0.867. The van der Waals surface area contributed by atoms with E-state index in [9.17, 15) is 14.4 Å². The Labute approximate surface area is 127 Å². The van der Waals surface area contributed by atoms with Gasteiger partial charge in [-0.25, -0.2) is 4.57 Å². The van der Waals surface area contributed by atoms with Crippen molar-refractivity contribution >= 4 is 7.82 Å². The molecule has 1 aromatic carbocycles. The minimum absolute atomic E-state index is 0.137. The second-order valence-corrected chi connectivity index (χ2v) is 8.57. The van der Waals surface area contributed by atoms with Crippen molar-refractivity contribution in [3.8, 4) is 5.75 Å². The standard InChI is InChI=1S/C16H27O4P/c1-8-11-9-10-12(20-21(17,18)19)14(16(5,6)7)13(11)15(2,3)4/h9-10H,8H2,1-7H3,(H2,17,18,19). The topological polar surface area (TPSA) is 66.8 Å². The van der Waals surface area contributed by atoms with Crippen molar-refractivity contribution in [2.75, 3.05) is 0 Å². The second kappa shape index (κ2) is 5.75. The fraction of sp³-hybridized carbons (Fsp3) is 0.625. The van der Waals surface area contributed by atoms with E-state index >= 15 is 0 Å². The lowest BCUT2D eigenvalue weighted by Crippen LogP contribution is -2.24. The molecule has 0 spiro atoms. The highest BCUT2D eigenvalue weighted by Gasteiger charge is 2.32. The second-order valence-electron chi connectivity index (χ2n) is 7.41. The maximum atomic E-state index is 11.3. The monoisotopic (exact) mass is 314 g/mol. The first-order valence-electron chi connectivity index (χ1n) is 7.19. The van der Waals surface area contributed by atoms with Gasteiger partial charge in [0, 0.05) is 5.56 Å². The van der Waals surface area contributed by atoms with E-state index in [0.29, 0.717) is 0 Å². The number of phosphoric ester groups is 1. The van der Waals surface area contributed by atoms with Gasteiger partial charge in [0.2, 0.25) is 0 Å². The molecule has 0 aromatic heterocycles. The van der Waals surface area contributed by atoms with E-state index in [2.05, 4.69) is 27.7 Å². The highest BCUT2D eigenvalue weighted by molar-refractivity contribution is 7.46. The Hall–Kier alpha value is -0.830. The summed E-state index contributed by atoms with van der Waals surface area (Å²) >= 11 is 0. The molecule has 2 N–H and O–H groups in total. The van der Waals surface area contributed by atoms with Crippen LogP contribution in [0.4, 0.5) is 0 Å². The van der Waals surface area contributed by atoms with Crippen LogP contribution in [-0.4, -0.2) is 9.79 Å². The number of benzene rings is 1. The van der Waals surface area contributed by atoms with Crippen molar-refractivity contribution in [3.63, 3.8) is 0 Å². The SMILES string of the molecule is CCc1ccc(OP(=O)(O)O)c(C(C)(C)C)c1C(C)(C)C. The molecule has 0 heterocycles. The summed E-state index contributed by atoms with van der Waals surface area (Å²) in [5.74, 6) is 0.276. The molecule has 0 saturated carbocycles. The summed E-state index contributed by atoms with van der Waals surface area (Å²) in [6.45, 7) is 14.5. The molecule has 0 radical (unpaired) electrons. The lowest BCUT2D eigenvalue weighted by Gasteiger charge is -2.34. The largest absolute Gasteiger partial charge is 0.524 e. The minimum Gasteiger partial charge on any atom is -0.404 e. The third-order valence-corrected chi connectivity index (χ3v) is 3.79. The van der Waals surface area contributed by atoms with E-state index in [1.807, 2.05) is 26.8 Å². The van der Waals surface area contributed by atoms with Crippen LogP contribution in [-0.2, 0) is 21.8 Å². The zero-order valence-electron chi connectivity index (χ0n) is 14.0. The lowest BCUT2D eigenvalue weighted by molar-refractivity contribution is 0.280. The Morgan fingerprint density at radius 2 is 1.48 bits per heavy atom. The predicted molar refractivity (Wildman–Crippen MR) is 85.9 cm³/mol. The van der Waals surface area contributed by atoms with Crippen molar-refractivity contribution < 1.29 is 18.9 Å². The fourth-order valence-electron chi connectivity index (χ4n) is 2.73.